The second kappa shape index (κ2) is 9.14. The Kier molecular flexibility index (Phi) is 6.61. The smallest absolute Gasteiger partial charge is 0.254 e. The van der Waals surface area contributed by atoms with Crippen LogP contribution in [0.4, 0.5) is 0 Å². The van der Waals surface area contributed by atoms with Gasteiger partial charge in [-0.15, -0.1) is 11.3 Å². The van der Waals surface area contributed by atoms with Crippen LogP contribution in [-0.4, -0.2) is 32.8 Å². The van der Waals surface area contributed by atoms with Gasteiger partial charge in [0.15, 0.2) is 0 Å². The van der Waals surface area contributed by atoms with Crippen LogP contribution in [0.3, 0.4) is 0 Å². The van der Waals surface area contributed by atoms with E-state index in [1.54, 1.807) is 28.4 Å². The largest absolute Gasteiger partial charge is 0.333 e. The average molecular weight is 415 g/mol. The van der Waals surface area contributed by atoms with Gasteiger partial charge < -0.3 is 4.90 Å². The Morgan fingerprint density at radius 2 is 1.71 bits per heavy atom. The number of amides is 1. The first-order valence-corrected chi connectivity index (χ1v) is 11.2. The number of hydrogen-bond donors (Lipinski definition) is 1. The van der Waals surface area contributed by atoms with Crippen molar-refractivity contribution in [3.05, 3.63) is 88.1 Å². The van der Waals surface area contributed by atoms with Gasteiger partial charge >= 0.3 is 0 Å². The first-order chi connectivity index (χ1) is 13.5. The highest BCUT2D eigenvalue weighted by Gasteiger charge is 2.18. The number of carbonyl (C=O) groups excluding carboxylic acids is 1. The standard InChI is InChI=1S/C21H22N2O3S2/c1-22-28(25,26)20-11-9-18(10-12-20)21(24)23(16-19-8-5-15-27-19)14-13-17-6-3-2-4-7-17/h2-12,15,22H,13-14,16H2,1H3. The van der Waals surface area contributed by atoms with Crippen molar-refractivity contribution in [2.45, 2.75) is 17.9 Å². The highest BCUT2D eigenvalue weighted by Crippen LogP contribution is 2.17. The zero-order valence-electron chi connectivity index (χ0n) is 15.5. The second-order valence-electron chi connectivity index (χ2n) is 6.27. The molecule has 1 aromatic heterocycles. The van der Waals surface area contributed by atoms with Gasteiger partial charge in [0, 0.05) is 17.0 Å². The van der Waals surface area contributed by atoms with E-state index >= 15 is 0 Å². The minimum absolute atomic E-state index is 0.113. The molecule has 0 saturated carbocycles. The topological polar surface area (TPSA) is 66.5 Å². The Labute approximate surface area is 169 Å². The van der Waals surface area contributed by atoms with E-state index in [0.717, 1.165) is 11.3 Å². The molecule has 1 heterocycles. The number of thiophene rings is 1. The first-order valence-electron chi connectivity index (χ1n) is 8.89. The molecular weight excluding hydrogens is 392 g/mol. The van der Waals surface area contributed by atoms with Crippen molar-refractivity contribution in [3.63, 3.8) is 0 Å². The zero-order chi connectivity index (χ0) is 20.0. The monoisotopic (exact) mass is 414 g/mol. The van der Waals surface area contributed by atoms with Crippen LogP contribution in [0.1, 0.15) is 20.8 Å². The minimum Gasteiger partial charge on any atom is -0.333 e. The molecule has 0 saturated heterocycles. The highest BCUT2D eigenvalue weighted by molar-refractivity contribution is 7.89. The number of nitrogens with zero attached hydrogens (tertiary/aromatic N) is 1. The lowest BCUT2D eigenvalue weighted by atomic mass is 10.1. The summed E-state index contributed by atoms with van der Waals surface area (Å²) in [5.41, 5.74) is 1.64. The summed E-state index contributed by atoms with van der Waals surface area (Å²) in [6, 6.07) is 20.1. The SMILES string of the molecule is CNS(=O)(=O)c1ccc(C(=O)N(CCc2ccccc2)Cc2cccs2)cc1. The van der Waals surface area contributed by atoms with Crippen molar-refractivity contribution in [1.82, 2.24) is 9.62 Å². The second-order valence-corrected chi connectivity index (χ2v) is 9.19. The van der Waals surface area contributed by atoms with Gasteiger partial charge in [0.25, 0.3) is 5.91 Å². The van der Waals surface area contributed by atoms with Crippen molar-refractivity contribution in [2.24, 2.45) is 0 Å². The van der Waals surface area contributed by atoms with Gasteiger partial charge in [0.1, 0.15) is 0 Å². The Morgan fingerprint density at radius 1 is 1.00 bits per heavy atom. The van der Waals surface area contributed by atoms with Crippen LogP contribution in [0, 0.1) is 0 Å². The maximum Gasteiger partial charge on any atom is 0.254 e. The fraction of sp³-hybridized carbons (Fsp3) is 0.190. The number of nitrogens with one attached hydrogen (secondary N) is 1. The van der Waals surface area contributed by atoms with Crippen molar-refractivity contribution < 1.29 is 13.2 Å². The number of rotatable bonds is 8. The molecule has 0 spiro atoms. The van der Waals surface area contributed by atoms with Crippen LogP contribution in [0.25, 0.3) is 0 Å². The summed E-state index contributed by atoms with van der Waals surface area (Å²) in [7, 11) is -2.16. The van der Waals surface area contributed by atoms with Gasteiger partial charge in [-0.05, 0) is 54.7 Å². The molecule has 5 nitrogen and oxygen atoms in total. The van der Waals surface area contributed by atoms with E-state index in [2.05, 4.69) is 4.72 Å². The van der Waals surface area contributed by atoms with Gasteiger partial charge in [-0.1, -0.05) is 36.4 Å². The summed E-state index contributed by atoms with van der Waals surface area (Å²) in [6.45, 7) is 1.11. The molecule has 3 rings (SSSR count). The van der Waals surface area contributed by atoms with E-state index in [9.17, 15) is 13.2 Å². The Morgan fingerprint density at radius 3 is 2.32 bits per heavy atom. The predicted octanol–water partition coefficient (Wildman–Crippen LogP) is 3.54. The molecule has 1 amide bonds. The van der Waals surface area contributed by atoms with E-state index in [1.165, 1.54) is 24.7 Å². The van der Waals surface area contributed by atoms with E-state index in [0.29, 0.717) is 18.7 Å². The van der Waals surface area contributed by atoms with Gasteiger partial charge in [-0.3, -0.25) is 4.79 Å². The molecule has 0 unspecified atom stereocenters. The summed E-state index contributed by atoms with van der Waals surface area (Å²) in [5, 5.41) is 1.99. The van der Waals surface area contributed by atoms with E-state index in [1.807, 2.05) is 47.8 Å². The Hall–Kier alpha value is -2.48. The van der Waals surface area contributed by atoms with Crippen molar-refractivity contribution in [3.8, 4) is 0 Å². The molecular formula is C21H22N2O3S2. The summed E-state index contributed by atoms with van der Waals surface area (Å²) < 4.78 is 26.0. The number of carbonyl (C=O) groups is 1. The lowest BCUT2D eigenvalue weighted by Gasteiger charge is -2.22. The molecule has 3 aromatic rings. The number of hydrogen-bond acceptors (Lipinski definition) is 4. The van der Waals surface area contributed by atoms with E-state index in [4.69, 9.17) is 0 Å². The van der Waals surface area contributed by atoms with Crippen LogP contribution in [0.5, 0.6) is 0 Å². The number of sulfonamides is 1. The molecule has 0 aliphatic carbocycles. The van der Waals surface area contributed by atoms with Crippen LogP contribution in [-0.2, 0) is 23.0 Å². The molecule has 0 radical (unpaired) electrons. The third-order valence-electron chi connectivity index (χ3n) is 4.41. The van der Waals surface area contributed by atoms with Crippen molar-refractivity contribution >= 4 is 27.3 Å². The molecule has 0 atom stereocenters. The Bertz CT molecular complexity index is 1000. The first kappa shape index (κ1) is 20.3. The predicted molar refractivity (Wildman–Crippen MR) is 112 cm³/mol. The maximum atomic E-state index is 13.1. The third-order valence-corrected chi connectivity index (χ3v) is 6.70. The molecule has 0 aliphatic heterocycles. The highest BCUT2D eigenvalue weighted by atomic mass is 32.2. The summed E-state index contributed by atoms with van der Waals surface area (Å²) >= 11 is 1.61. The molecule has 0 aliphatic rings. The van der Waals surface area contributed by atoms with Gasteiger partial charge in [-0.25, -0.2) is 13.1 Å². The zero-order valence-corrected chi connectivity index (χ0v) is 17.2. The molecule has 1 N–H and O–H groups in total. The molecule has 7 heteroatoms. The average Bonchev–Trinajstić information content (AvgIpc) is 3.24. The molecule has 28 heavy (non-hydrogen) atoms. The molecule has 2 aromatic carbocycles. The lowest BCUT2D eigenvalue weighted by Crippen LogP contribution is -2.32. The van der Waals surface area contributed by atoms with Crippen LogP contribution < -0.4 is 4.72 Å². The quantitative estimate of drug-likeness (QED) is 0.613. The van der Waals surface area contributed by atoms with Gasteiger partial charge in [-0.2, -0.15) is 0 Å². The third kappa shape index (κ3) is 5.07. The van der Waals surface area contributed by atoms with Crippen molar-refractivity contribution in [1.29, 1.82) is 0 Å². The number of benzene rings is 2. The maximum absolute atomic E-state index is 13.1. The molecule has 0 fully saturated rings. The fourth-order valence-corrected chi connectivity index (χ4v) is 4.28. The summed E-state index contributed by atoms with van der Waals surface area (Å²) in [5.74, 6) is -0.113. The lowest BCUT2D eigenvalue weighted by molar-refractivity contribution is 0.0746. The molecule has 0 bridgehead atoms. The van der Waals surface area contributed by atoms with E-state index < -0.39 is 10.0 Å². The van der Waals surface area contributed by atoms with Crippen LogP contribution >= 0.6 is 11.3 Å². The minimum atomic E-state index is -3.52. The van der Waals surface area contributed by atoms with Crippen LogP contribution in [0.2, 0.25) is 0 Å². The Balaban J connectivity index is 1.79. The fourth-order valence-electron chi connectivity index (χ4n) is 2.83. The molecule has 146 valence electrons. The van der Waals surface area contributed by atoms with E-state index in [-0.39, 0.29) is 10.8 Å². The van der Waals surface area contributed by atoms with Gasteiger partial charge in [0.05, 0.1) is 11.4 Å². The summed E-state index contributed by atoms with van der Waals surface area (Å²) in [4.78, 5) is 16.1. The summed E-state index contributed by atoms with van der Waals surface area (Å²) in [6.07, 6.45) is 0.754. The van der Waals surface area contributed by atoms with Crippen LogP contribution in [0.15, 0.2) is 77.0 Å². The van der Waals surface area contributed by atoms with Gasteiger partial charge in [0.2, 0.25) is 10.0 Å². The van der Waals surface area contributed by atoms with Crippen molar-refractivity contribution in [2.75, 3.05) is 13.6 Å². The normalized spacial score (nSPS) is 11.3.